The molecule has 0 aliphatic carbocycles. The minimum atomic E-state index is -3.89. The number of fused-ring (bicyclic) bond motifs is 1. The number of ether oxygens (including phenoxy) is 2. The van der Waals surface area contributed by atoms with E-state index < -0.39 is 21.5 Å². The maximum Gasteiger partial charge on any atom is 0.262 e. The lowest BCUT2D eigenvalue weighted by molar-refractivity contribution is -0.118. The van der Waals surface area contributed by atoms with Gasteiger partial charge in [-0.25, -0.2) is 8.42 Å². The van der Waals surface area contributed by atoms with Gasteiger partial charge in [0.15, 0.2) is 16.4 Å². The van der Waals surface area contributed by atoms with Crippen molar-refractivity contribution in [2.75, 3.05) is 30.1 Å². The van der Waals surface area contributed by atoms with Crippen LogP contribution < -0.4 is 20.1 Å². The van der Waals surface area contributed by atoms with Crippen LogP contribution in [-0.2, 0) is 19.4 Å². The molecule has 0 saturated heterocycles. The first-order chi connectivity index (χ1) is 13.7. The molecule has 0 saturated carbocycles. The summed E-state index contributed by atoms with van der Waals surface area (Å²) in [6.45, 7) is -0.224. The van der Waals surface area contributed by atoms with Crippen molar-refractivity contribution < 1.29 is 27.5 Å². The Hall–Kier alpha value is -2.49. The van der Waals surface area contributed by atoms with E-state index in [4.69, 9.17) is 32.7 Å². The Morgan fingerprint density at radius 2 is 2.03 bits per heavy atom. The molecule has 0 aromatic heterocycles. The second-order valence-electron chi connectivity index (χ2n) is 6.08. The Balaban J connectivity index is 1.73. The summed E-state index contributed by atoms with van der Waals surface area (Å²) in [6, 6.07) is 7.23. The molecule has 154 valence electrons. The van der Waals surface area contributed by atoms with Gasteiger partial charge in [0.2, 0.25) is 5.91 Å². The topological polar surface area (TPSA) is 111 Å². The van der Waals surface area contributed by atoms with E-state index in [1.165, 1.54) is 25.3 Å². The van der Waals surface area contributed by atoms with Gasteiger partial charge >= 0.3 is 0 Å². The van der Waals surface area contributed by atoms with Crippen LogP contribution in [-0.4, -0.2) is 39.7 Å². The SMILES string of the molecule is COc1ccc(Cl)cc1NC(=O)CCS(=O)(=O)c1cc2c(cc1Cl)NC(=O)CO2. The molecule has 0 bridgehead atoms. The molecule has 29 heavy (non-hydrogen) atoms. The van der Waals surface area contributed by atoms with E-state index in [0.717, 1.165) is 0 Å². The predicted molar refractivity (Wildman–Crippen MR) is 109 cm³/mol. The van der Waals surface area contributed by atoms with Crippen LogP contribution in [0.1, 0.15) is 6.42 Å². The molecule has 0 fully saturated rings. The van der Waals surface area contributed by atoms with Gasteiger partial charge < -0.3 is 20.1 Å². The molecule has 1 aliphatic rings. The lowest BCUT2D eigenvalue weighted by Gasteiger charge is -2.19. The van der Waals surface area contributed by atoms with Crippen LogP contribution in [0.15, 0.2) is 35.2 Å². The maximum absolute atomic E-state index is 12.7. The van der Waals surface area contributed by atoms with Gasteiger partial charge in [0.05, 0.1) is 34.2 Å². The zero-order chi connectivity index (χ0) is 21.2. The van der Waals surface area contributed by atoms with Crippen molar-refractivity contribution in [3.8, 4) is 11.5 Å². The number of carbonyl (C=O) groups is 2. The summed E-state index contributed by atoms with van der Waals surface area (Å²) in [5.41, 5.74) is 0.620. The minimum Gasteiger partial charge on any atom is -0.495 e. The number of anilines is 2. The second-order valence-corrected chi connectivity index (χ2v) is 9.00. The minimum absolute atomic E-state index is 0.0773. The Morgan fingerprint density at radius 1 is 1.28 bits per heavy atom. The highest BCUT2D eigenvalue weighted by molar-refractivity contribution is 7.91. The molecule has 0 unspecified atom stereocenters. The first kappa shape index (κ1) is 21.2. The number of hydrogen-bond donors (Lipinski definition) is 2. The quantitative estimate of drug-likeness (QED) is 0.687. The molecule has 1 heterocycles. The monoisotopic (exact) mass is 458 g/mol. The van der Waals surface area contributed by atoms with Crippen LogP contribution in [0.4, 0.5) is 11.4 Å². The van der Waals surface area contributed by atoms with E-state index >= 15 is 0 Å². The van der Waals surface area contributed by atoms with Crippen LogP contribution in [0.25, 0.3) is 0 Å². The smallest absolute Gasteiger partial charge is 0.262 e. The second kappa shape index (κ2) is 8.48. The standard InChI is InChI=1S/C18H16Cl2N2O6S/c1-27-14-3-2-10(19)6-12(14)21-17(23)4-5-29(25,26)16-8-15-13(7-11(16)20)22-18(24)9-28-15/h2-3,6-8H,4-5,9H2,1H3,(H,21,23)(H,22,24). The summed E-state index contributed by atoms with van der Waals surface area (Å²) in [4.78, 5) is 23.4. The number of rotatable bonds is 6. The summed E-state index contributed by atoms with van der Waals surface area (Å²) < 4.78 is 35.7. The van der Waals surface area contributed by atoms with Crippen molar-refractivity contribution in [1.82, 2.24) is 0 Å². The van der Waals surface area contributed by atoms with E-state index in [2.05, 4.69) is 10.6 Å². The summed E-state index contributed by atoms with van der Waals surface area (Å²) in [5, 5.41) is 5.43. The third kappa shape index (κ3) is 4.92. The van der Waals surface area contributed by atoms with Gasteiger partial charge in [0, 0.05) is 17.5 Å². The van der Waals surface area contributed by atoms with Crippen LogP contribution >= 0.6 is 23.2 Å². The predicted octanol–water partition coefficient (Wildman–Crippen LogP) is 3.14. The third-order valence-electron chi connectivity index (χ3n) is 4.04. The highest BCUT2D eigenvalue weighted by Gasteiger charge is 2.25. The first-order valence-electron chi connectivity index (χ1n) is 8.32. The zero-order valence-electron chi connectivity index (χ0n) is 15.1. The van der Waals surface area contributed by atoms with Crippen molar-refractivity contribution in [2.45, 2.75) is 11.3 Å². The van der Waals surface area contributed by atoms with Gasteiger partial charge in [-0.15, -0.1) is 0 Å². The van der Waals surface area contributed by atoms with Crippen LogP contribution in [0.2, 0.25) is 10.0 Å². The molecule has 8 nitrogen and oxygen atoms in total. The Bertz CT molecular complexity index is 1090. The van der Waals surface area contributed by atoms with Gasteiger partial charge in [-0.2, -0.15) is 0 Å². The Kier molecular flexibility index (Phi) is 6.21. The van der Waals surface area contributed by atoms with Gasteiger partial charge in [-0.05, 0) is 24.3 Å². The summed E-state index contributed by atoms with van der Waals surface area (Å²) in [7, 11) is -2.46. The zero-order valence-corrected chi connectivity index (χ0v) is 17.5. The molecule has 2 N–H and O–H groups in total. The number of amides is 2. The number of methoxy groups -OCH3 is 1. The number of nitrogens with one attached hydrogen (secondary N) is 2. The highest BCUT2D eigenvalue weighted by atomic mass is 35.5. The summed E-state index contributed by atoms with van der Waals surface area (Å²) >= 11 is 12.0. The van der Waals surface area contributed by atoms with Gasteiger partial charge in [0.25, 0.3) is 5.91 Å². The molecule has 1 aliphatic heterocycles. The number of carbonyl (C=O) groups excluding carboxylic acids is 2. The van der Waals surface area contributed by atoms with Crippen molar-refractivity contribution in [2.24, 2.45) is 0 Å². The van der Waals surface area contributed by atoms with Crippen LogP contribution in [0.3, 0.4) is 0 Å². The third-order valence-corrected chi connectivity index (χ3v) is 6.44. The molecule has 0 radical (unpaired) electrons. The molecule has 2 aromatic rings. The number of hydrogen-bond acceptors (Lipinski definition) is 6. The van der Waals surface area contributed by atoms with Crippen molar-refractivity contribution in [3.63, 3.8) is 0 Å². The molecule has 2 amide bonds. The van der Waals surface area contributed by atoms with Gasteiger partial charge in [-0.1, -0.05) is 23.2 Å². The number of benzene rings is 2. The van der Waals surface area contributed by atoms with E-state index in [-0.39, 0.29) is 40.3 Å². The average Bonchev–Trinajstić information content (AvgIpc) is 2.66. The summed E-state index contributed by atoms with van der Waals surface area (Å²) in [6.07, 6.45) is -0.316. The molecule has 0 atom stereocenters. The van der Waals surface area contributed by atoms with E-state index in [1.807, 2.05) is 0 Å². The fourth-order valence-electron chi connectivity index (χ4n) is 2.65. The highest BCUT2D eigenvalue weighted by Crippen LogP contribution is 2.36. The van der Waals surface area contributed by atoms with Gasteiger partial charge in [0.1, 0.15) is 11.5 Å². The normalized spacial score (nSPS) is 13.1. The lowest BCUT2D eigenvalue weighted by atomic mass is 10.2. The first-order valence-corrected chi connectivity index (χ1v) is 10.7. The van der Waals surface area contributed by atoms with E-state index in [9.17, 15) is 18.0 Å². The van der Waals surface area contributed by atoms with Crippen LogP contribution in [0, 0.1) is 0 Å². The molecule has 3 rings (SSSR count). The average molecular weight is 459 g/mol. The lowest BCUT2D eigenvalue weighted by Crippen LogP contribution is -2.25. The molecular formula is C18H16Cl2N2O6S. The van der Waals surface area contributed by atoms with E-state index in [1.54, 1.807) is 12.1 Å². The van der Waals surface area contributed by atoms with Crippen LogP contribution in [0.5, 0.6) is 11.5 Å². The van der Waals surface area contributed by atoms with Gasteiger partial charge in [-0.3, -0.25) is 9.59 Å². The largest absolute Gasteiger partial charge is 0.495 e. The molecule has 0 spiro atoms. The molecule has 2 aromatic carbocycles. The number of sulfone groups is 1. The maximum atomic E-state index is 12.7. The fourth-order valence-corrected chi connectivity index (χ4v) is 4.65. The Labute approximate surface area is 177 Å². The van der Waals surface area contributed by atoms with Crippen molar-refractivity contribution in [1.29, 1.82) is 0 Å². The Morgan fingerprint density at radius 3 is 2.76 bits per heavy atom. The number of halogens is 2. The van der Waals surface area contributed by atoms with Crippen molar-refractivity contribution >= 4 is 56.2 Å². The molecule has 11 heteroatoms. The van der Waals surface area contributed by atoms with E-state index in [0.29, 0.717) is 16.5 Å². The van der Waals surface area contributed by atoms with Crippen molar-refractivity contribution in [3.05, 3.63) is 40.4 Å². The summed E-state index contributed by atoms with van der Waals surface area (Å²) in [5.74, 6) is -0.792. The fraction of sp³-hybridized carbons (Fsp3) is 0.222. The molecular weight excluding hydrogens is 443 g/mol.